The van der Waals surface area contributed by atoms with Crippen molar-refractivity contribution in [2.45, 2.75) is 45.7 Å². The number of carbonyl (C=O) groups is 1. The van der Waals surface area contributed by atoms with E-state index in [2.05, 4.69) is 10.4 Å². The molecule has 30 heavy (non-hydrogen) atoms. The molecule has 0 saturated heterocycles. The second kappa shape index (κ2) is 8.98. The van der Waals surface area contributed by atoms with Crippen LogP contribution in [0.5, 0.6) is 5.75 Å². The molecule has 1 aliphatic heterocycles. The maximum atomic E-state index is 13.3. The van der Waals surface area contributed by atoms with E-state index in [1.54, 1.807) is 12.0 Å². The van der Waals surface area contributed by atoms with Crippen molar-refractivity contribution in [3.05, 3.63) is 65.7 Å². The molecular formula is C23H27N5O2. The summed E-state index contributed by atoms with van der Waals surface area (Å²) in [6, 6.07) is 15.0. The highest BCUT2D eigenvalue weighted by Crippen LogP contribution is 2.25. The van der Waals surface area contributed by atoms with Crippen molar-refractivity contribution in [3.8, 4) is 5.75 Å². The molecule has 156 valence electrons. The second-order valence-electron chi connectivity index (χ2n) is 7.53. The largest absolute Gasteiger partial charge is 0.495 e. The lowest BCUT2D eigenvalue weighted by Crippen LogP contribution is -2.35. The van der Waals surface area contributed by atoms with Crippen LogP contribution in [0.2, 0.25) is 0 Å². The summed E-state index contributed by atoms with van der Waals surface area (Å²) in [5, 5.41) is 7.64. The quantitative estimate of drug-likeness (QED) is 0.675. The van der Waals surface area contributed by atoms with Gasteiger partial charge in [-0.05, 0) is 44.0 Å². The summed E-state index contributed by atoms with van der Waals surface area (Å²) in [5.41, 5.74) is 2.55. The lowest BCUT2D eigenvalue weighted by molar-refractivity contribution is 0.256. The van der Waals surface area contributed by atoms with Crippen LogP contribution in [0, 0.1) is 6.92 Å². The summed E-state index contributed by atoms with van der Waals surface area (Å²) in [6.45, 7) is 3.21. The first kappa shape index (κ1) is 19.9. The Balaban J connectivity index is 1.61. The monoisotopic (exact) mass is 405 g/mol. The molecule has 2 heterocycles. The molecular weight excluding hydrogens is 378 g/mol. The van der Waals surface area contributed by atoms with E-state index in [0.29, 0.717) is 23.8 Å². The van der Waals surface area contributed by atoms with E-state index >= 15 is 0 Å². The van der Waals surface area contributed by atoms with Gasteiger partial charge in [0.25, 0.3) is 0 Å². The number of ether oxygens (including phenoxy) is 1. The second-order valence-corrected chi connectivity index (χ2v) is 7.53. The van der Waals surface area contributed by atoms with Crippen LogP contribution in [0.25, 0.3) is 0 Å². The van der Waals surface area contributed by atoms with E-state index in [9.17, 15) is 4.79 Å². The minimum Gasteiger partial charge on any atom is -0.495 e. The fourth-order valence-electron chi connectivity index (χ4n) is 3.66. The van der Waals surface area contributed by atoms with Crippen LogP contribution in [0.3, 0.4) is 0 Å². The summed E-state index contributed by atoms with van der Waals surface area (Å²) in [7, 11) is 1.59. The third kappa shape index (κ3) is 4.45. The summed E-state index contributed by atoms with van der Waals surface area (Å²) in [4.78, 5) is 19.7. The van der Waals surface area contributed by atoms with Gasteiger partial charge in [0.05, 0.1) is 19.3 Å². The van der Waals surface area contributed by atoms with E-state index < -0.39 is 0 Å². The van der Waals surface area contributed by atoms with Crippen molar-refractivity contribution < 1.29 is 9.53 Å². The average molecular weight is 406 g/mol. The standard InChI is InChI=1S/C23H27N5O2/c1-17-11-13-18(14-12-17)27(23(29)24-19-8-5-6-9-20(19)30-2)16-21-25-22-10-4-3-7-15-28(22)26-21/h5-6,8-9,11-14H,3-4,7,10,15-16H2,1-2H3,(H,24,29). The predicted octanol–water partition coefficient (Wildman–Crippen LogP) is 4.56. The first-order chi connectivity index (χ1) is 14.6. The SMILES string of the molecule is COc1ccccc1NC(=O)N(Cc1nc2n(n1)CCCCC2)c1ccc(C)cc1. The van der Waals surface area contributed by atoms with Crippen LogP contribution in [0.15, 0.2) is 48.5 Å². The lowest BCUT2D eigenvalue weighted by Gasteiger charge is -2.23. The van der Waals surface area contributed by atoms with Gasteiger partial charge >= 0.3 is 6.03 Å². The predicted molar refractivity (Wildman–Crippen MR) is 117 cm³/mol. The molecule has 2 amide bonds. The van der Waals surface area contributed by atoms with E-state index in [1.165, 1.54) is 6.42 Å². The van der Waals surface area contributed by atoms with Gasteiger partial charge in [0, 0.05) is 18.7 Å². The molecule has 1 aromatic heterocycles. The molecule has 1 N–H and O–H groups in total. The zero-order valence-electron chi connectivity index (χ0n) is 17.5. The van der Waals surface area contributed by atoms with Gasteiger partial charge in [0.2, 0.25) is 0 Å². The highest BCUT2D eigenvalue weighted by atomic mass is 16.5. The molecule has 7 nitrogen and oxygen atoms in total. The maximum absolute atomic E-state index is 13.3. The Morgan fingerprint density at radius 2 is 1.93 bits per heavy atom. The Bertz CT molecular complexity index is 989. The highest BCUT2D eigenvalue weighted by molar-refractivity contribution is 6.02. The third-order valence-corrected chi connectivity index (χ3v) is 5.30. The van der Waals surface area contributed by atoms with E-state index in [4.69, 9.17) is 9.72 Å². The Morgan fingerprint density at radius 3 is 2.73 bits per heavy atom. The topological polar surface area (TPSA) is 72.3 Å². The number of nitrogens with one attached hydrogen (secondary N) is 1. The molecule has 0 bridgehead atoms. The van der Waals surface area contributed by atoms with E-state index in [1.807, 2.05) is 60.1 Å². The van der Waals surface area contributed by atoms with E-state index in [-0.39, 0.29) is 6.03 Å². The third-order valence-electron chi connectivity index (χ3n) is 5.30. The number of para-hydroxylation sites is 2. The first-order valence-electron chi connectivity index (χ1n) is 10.3. The summed E-state index contributed by atoms with van der Waals surface area (Å²) in [5.74, 6) is 2.28. The summed E-state index contributed by atoms with van der Waals surface area (Å²) < 4.78 is 7.37. The number of aromatic nitrogens is 3. The van der Waals surface area contributed by atoms with Gasteiger partial charge in [0.15, 0.2) is 5.82 Å². The molecule has 0 spiro atoms. The van der Waals surface area contributed by atoms with Crippen LogP contribution < -0.4 is 15.0 Å². The number of nitrogens with zero attached hydrogens (tertiary/aromatic N) is 4. The number of methoxy groups -OCH3 is 1. The van der Waals surface area contributed by atoms with Crippen molar-refractivity contribution in [3.63, 3.8) is 0 Å². The van der Waals surface area contributed by atoms with Gasteiger partial charge in [-0.15, -0.1) is 0 Å². The molecule has 0 atom stereocenters. The number of aryl methyl sites for hydroxylation is 3. The number of rotatable bonds is 5. The van der Waals surface area contributed by atoms with Gasteiger partial charge in [-0.25, -0.2) is 14.5 Å². The number of benzene rings is 2. The van der Waals surface area contributed by atoms with Crippen LogP contribution >= 0.6 is 0 Å². The van der Waals surface area contributed by atoms with Crippen LogP contribution in [0.4, 0.5) is 16.2 Å². The molecule has 1 aliphatic rings. The zero-order valence-corrected chi connectivity index (χ0v) is 17.5. The zero-order chi connectivity index (χ0) is 20.9. The smallest absolute Gasteiger partial charge is 0.326 e. The number of urea groups is 1. The number of amides is 2. The number of carbonyl (C=O) groups excluding carboxylic acids is 1. The van der Waals surface area contributed by atoms with Crippen molar-refractivity contribution in [2.24, 2.45) is 0 Å². The number of anilines is 2. The van der Waals surface area contributed by atoms with Gasteiger partial charge in [0.1, 0.15) is 11.6 Å². The fraction of sp³-hybridized carbons (Fsp3) is 0.348. The van der Waals surface area contributed by atoms with E-state index in [0.717, 1.165) is 42.9 Å². The molecule has 4 rings (SSSR count). The van der Waals surface area contributed by atoms with Gasteiger partial charge in [-0.3, -0.25) is 4.90 Å². The number of hydrogen-bond donors (Lipinski definition) is 1. The first-order valence-corrected chi connectivity index (χ1v) is 10.3. The Hall–Kier alpha value is -3.35. The lowest BCUT2D eigenvalue weighted by atomic mass is 10.2. The highest BCUT2D eigenvalue weighted by Gasteiger charge is 2.21. The molecule has 0 radical (unpaired) electrons. The minimum absolute atomic E-state index is 0.256. The molecule has 0 aliphatic carbocycles. The average Bonchev–Trinajstić information content (AvgIpc) is 3.01. The van der Waals surface area contributed by atoms with Crippen molar-refractivity contribution >= 4 is 17.4 Å². The van der Waals surface area contributed by atoms with Crippen LogP contribution in [-0.2, 0) is 19.5 Å². The minimum atomic E-state index is -0.256. The molecule has 0 unspecified atom stereocenters. The van der Waals surface area contributed by atoms with Crippen molar-refractivity contribution in [1.82, 2.24) is 14.8 Å². The number of fused-ring (bicyclic) bond motifs is 1. The fourth-order valence-corrected chi connectivity index (χ4v) is 3.66. The number of hydrogen-bond acceptors (Lipinski definition) is 4. The Morgan fingerprint density at radius 1 is 1.13 bits per heavy atom. The normalized spacial score (nSPS) is 13.3. The van der Waals surface area contributed by atoms with Crippen molar-refractivity contribution in [2.75, 3.05) is 17.3 Å². The Labute approximate surface area is 176 Å². The van der Waals surface area contributed by atoms with Crippen LogP contribution in [-0.4, -0.2) is 27.9 Å². The van der Waals surface area contributed by atoms with Crippen molar-refractivity contribution in [1.29, 1.82) is 0 Å². The van der Waals surface area contributed by atoms with Crippen LogP contribution in [0.1, 0.15) is 36.5 Å². The molecule has 2 aromatic carbocycles. The molecule has 7 heteroatoms. The molecule has 3 aromatic rings. The van der Waals surface area contributed by atoms with Gasteiger partial charge < -0.3 is 10.1 Å². The Kier molecular flexibility index (Phi) is 5.97. The molecule has 0 saturated carbocycles. The molecule has 0 fully saturated rings. The summed E-state index contributed by atoms with van der Waals surface area (Å²) in [6.07, 6.45) is 4.39. The summed E-state index contributed by atoms with van der Waals surface area (Å²) >= 11 is 0. The maximum Gasteiger partial charge on any atom is 0.326 e. The van der Waals surface area contributed by atoms with Gasteiger partial charge in [-0.1, -0.05) is 36.2 Å². The van der Waals surface area contributed by atoms with Gasteiger partial charge in [-0.2, -0.15) is 5.10 Å².